The van der Waals surface area contributed by atoms with E-state index in [1.807, 2.05) is 27.7 Å². The van der Waals surface area contributed by atoms with Crippen LogP contribution in [0.25, 0.3) is 0 Å². The minimum atomic E-state index is -4.71. The molecule has 0 aromatic heterocycles. The van der Waals surface area contributed by atoms with Crippen LogP contribution in [0.2, 0.25) is 0 Å². The average molecular weight is 280 g/mol. The maximum absolute atomic E-state index is 12.4. The van der Waals surface area contributed by atoms with E-state index in [1.165, 1.54) is 12.1 Å². The summed E-state index contributed by atoms with van der Waals surface area (Å²) in [5.41, 5.74) is 7.39. The Morgan fingerprint density at radius 3 is 1.58 bits per heavy atom. The summed E-state index contributed by atoms with van der Waals surface area (Å²) in [5.74, 6) is 0. The largest absolute Gasteiger partial charge is 0.423 e. The summed E-state index contributed by atoms with van der Waals surface area (Å²) >= 11 is 0. The van der Waals surface area contributed by atoms with Crippen molar-refractivity contribution in [2.24, 2.45) is 11.5 Å². The van der Waals surface area contributed by atoms with Crippen molar-refractivity contribution in [1.82, 2.24) is 0 Å². The maximum Gasteiger partial charge on any atom is 0.423 e. The molecule has 0 unspecified atom stereocenters. The number of aliphatic hydroxyl groups is 1. The molecule has 0 aliphatic rings. The van der Waals surface area contributed by atoms with E-state index in [1.54, 1.807) is 0 Å². The van der Waals surface area contributed by atoms with Crippen molar-refractivity contribution in [2.75, 3.05) is 0 Å². The summed E-state index contributed by atoms with van der Waals surface area (Å²) in [7, 11) is 0. The Bertz CT molecular complexity index is 335. The van der Waals surface area contributed by atoms with E-state index in [9.17, 15) is 13.2 Å². The molecule has 0 fully saturated rings. The lowest BCUT2D eigenvalue weighted by atomic mass is 9.99. The van der Waals surface area contributed by atoms with Crippen LogP contribution in [-0.2, 0) is 12.3 Å². The van der Waals surface area contributed by atoms with Gasteiger partial charge in [0.25, 0.3) is 0 Å². The van der Waals surface area contributed by atoms with E-state index in [0.29, 0.717) is 5.56 Å². The van der Waals surface area contributed by atoms with E-state index in [2.05, 4.69) is 0 Å². The van der Waals surface area contributed by atoms with Crippen LogP contribution >= 0.6 is 0 Å². The van der Waals surface area contributed by atoms with Crippen LogP contribution in [0.1, 0.15) is 38.8 Å². The summed E-state index contributed by atoms with van der Waals surface area (Å²) in [5, 5.41) is 8.71. The number of halogens is 3. The Morgan fingerprint density at radius 2 is 1.32 bits per heavy atom. The van der Waals surface area contributed by atoms with Gasteiger partial charge in [0.1, 0.15) is 0 Å². The van der Waals surface area contributed by atoms with Crippen LogP contribution in [0.15, 0.2) is 24.3 Å². The maximum atomic E-state index is 12.4. The fraction of sp³-hybridized carbons (Fsp3) is 0.538. The van der Waals surface area contributed by atoms with Gasteiger partial charge < -0.3 is 16.6 Å². The molecule has 0 spiro atoms. The van der Waals surface area contributed by atoms with Gasteiger partial charge in [-0.1, -0.05) is 52.0 Å². The number of rotatable bonds is 2. The SMILES string of the molecule is CC.CC.NC(N)(c1ccc(CO)cc1)C(F)(F)F. The second-order valence-corrected chi connectivity index (χ2v) is 3.22. The Kier molecular flexibility index (Phi) is 9.47. The van der Waals surface area contributed by atoms with Crippen molar-refractivity contribution in [1.29, 1.82) is 0 Å². The van der Waals surface area contributed by atoms with Gasteiger partial charge in [0.15, 0.2) is 5.66 Å². The van der Waals surface area contributed by atoms with Gasteiger partial charge in [-0.3, -0.25) is 0 Å². The second-order valence-electron chi connectivity index (χ2n) is 3.22. The predicted octanol–water partition coefficient (Wildman–Crippen LogP) is 2.86. The van der Waals surface area contributed by atoms with Gasteiger partial charge in [-0.2, -0.15) is 13.2 Å². The molecule has 0 radical (unpaired) electrons. The molecule has 1 rings (SSSR count). The van der Waals surface area contributed by atoms with Crippen molar-refractivity contribution >= 4 is 0 Å². The van der Waals surface area contributed by atoms with Gasteiger partial charge in [-0.25, -0.2) is 0 Å². The Hall–Kier alpha value is -1.11. The summed E-state index contributed by atoms with van der Waals surface area (Å²) in [4.78, 5) is 0. The molecule has 1 aromatic rings. The molecular weight excluding hydrogens is 257 g/mol. The predicted molar refractivity (Wildman–Crippen MR) is 71.2 cm³/mol. The monoisotopic (exact) mass is 280 g/mol. The number of benzene rings is 1. The third kappa shape index (κ3) is 5.59. The first-order valence-corrected chi connectivity index (χ1v) is 6.14. The van der Waals surface area contributed by atoms with Gasteiger partial charge in [0.05, 0.1) is 6.61 Å². The third-order valence-corrected chi connectivity index (χ3v) is 2.08. The Morgan fingerprint density at radius 1 is 0.947 bits per heavy atom. The van der Waals surface area contributed by atoms with E-state index in [-0.39, 0.29) is 12.2 Å². The molecule has 0 heterocycles. The normalized spacial score (nSPS) is 10.8. The molecule has 0 amide bonds. The fourth-order valence-corrected chi connectivity index (χ4v) is 1.05. The average Bonchev–Trinajstić information content (AvgIpc) is 2.42. The van der Waals surface area contributed by atoms with Gasteiger partial charge in [-0.15, -0.1) is 0 Å². The molecular formula is C13H23F3N2O. The minimum absolute atomic E-state index is 0.242. The van der Waals surface area contributed by atoms with Crippen LogP contribution in [0, 0.1) is 0 Å². The summed E-state index contributed by atoms with van der Waals surface area (Å²) in [6, 6.07) is 4.99. The van der Waals surface area contributed by atoms with Crippen molar-refractivity contribution in [3.63, 3.8) is 0 Å². The quantitative estimate of drug-likeness (QED) is 0.729. The molecule has 3 nitrogen and oxygen atoms in total. The third-order valence-electron chi connectivity index (χ3n) is 2.08. The van der Waals surface area contributed by atoms with Crippen LogP contribution in [0.5, 0.6) is 0 Å². The van der Waals surface area contributed by atoms with Crippen molar-refractivity contribution in [2.45, 2.75) is 46.1 Å². The zero-order valence-electron chi connectivity index (χ0n) is 11.8. The number of hydrogen-bond acceptors (Lipinski definition) is 3. The molecule has 1 aromatic carbocycles. The van der Waals surface area contributed by atoms with Crippen LogP contribution in [0.4, 0.5) is 13.2 Å². The molecule has 5 N–H and O–H groups in total. The Labute approximate surface area is 112 Å². The molecule has 0 bridgehead atoms. The minimum Gasteiger partial charge on any atom is -0.392 e. The lowest BCUT2D eigenvalue weighted by Crippen LogP contribution is -2.57. The number of nitrogens with two attached hydrogens (primary N) is 2. The molecule has 0 atom stereocenters. The zero-order chi connectivity index (χ0) is 15.7. The van der Waals surface area contributed by atoms with Gasteiger partial charge in [0.2, 0.25) is 0 Å². The van der Waals surface area contributed by atoms with E-state index in [4.69, 9.17) is 16.6 Å². The highest BCUT2D eigenvalue weighted by Crippen LogP contribution is 2.32. The summed E-state index contributed by atoms with van der Waals surface area (Å²) in [6.45, 7) is 7.76. The van der Waals surface area contributed by atoms with Crippen LogP contribution in [-0.4, -0.2) is 11.3 Å². The molecule has 0 saturated heterocycles. The fourth-order valence-electron chi connectivity index (χ4n) is 1.05. The highest BCUT2D eigenvalue weighted by Gasteiger charge is 2.50. The standard InChI is InChI=1S/C9H11F3N2O.2C2H6/c10-9(11,12)8(13,14)7-3-1-6(5-15)2-4-7;2*1-2/h1-4,15H,5,13-14H2;2*1-2H3. The number of alkyl halides is 3. The molecule has 0 aliphatic heterocycles. The topological polar surface area (TPSA) is 72.3 Å². The van der Waals surface area contributed by atoms with E-state index < -0.39 is 11.8 Å². The van der Waals surface area contributed by atoms with Crippen LogP contribution < -0.4 is 11.5 Å². The molecule has 6 heteroatoms. The first-order chi connectivity index (χ1) is 8.79. The lowest BCUT2D eigenvalue weighted by molar-refractivity contribution is -0.188. The highest BCUT2D eigenvalue weighted by atomic mass is 19.4. The zero-order valence-corrected chi connectivity index (χ0v) is 11.8. The molecule has 112 valence electrons. The van der Waals surface area contributed by atoms with Gasteiger partial charge >= 0.3 is 6.18 Å². The Balaban J connectivity index is 0. The lowest BCUT2D eigenvalue weighted by Gasteiger charge is -2.27. The molecule has 0 saturated carbocycles. The first-order valence-electron chi connectivity index (χ1n) is 6.14. The van der Waals surface area contributed by atoms with Crippen LogP contribution in [0.3, 0.4) is 0 Å². The van der Waals surface area contributed by atoms with Crippen molar-refractivity contribution in [3.8, 4) is 0 Å². The van der Waals surface area contributed by atoms with Crippen molar-refractivity contribution in [3.05, 3.63) is 35.4 Å². The first kappa shape index (κ1) is 20.2. The summed E-state index contributed by atoms with van der Waals surface area (Å²) < 4.78 is 37.2. The second kappa shape index (κ2) is 8.90. The van der Waals surface area contributed by atoms with Gasteiger partial charge in [-0.05, 0) is 11.1 Å². The summed E-state index contributed by atoms with van der Waals surface area (Å²) in [6.07, 6.45) is -4.71. The van der Waals surface area contributed by atoms with Crippen molar-refractivity contribution < 1.29 is 18.3 Å². The number of aliphatic hydroxyl groups excluding tert-OH is 1. The smallest absolute Gasteiger partial charge is 0.392 e. The number of hydrogen-bond donors (Lipinski definition) is 3. The highest BCUT2D eigenvalue weighted by molar-refractivity contribution is 5.28. The van der Waals surface area contributed by atoms with Gasteiger partial charge in [0, 0.05) is 0 Å². The molecule has 0 aliphatic carbocycles. The van der Waals surface area contributed by atoms with E-state index in [0.717, 1.165) is 12.1 Å². The molecule has 19 heavy (non-hydrogen) atoms. The van der Waals surface area contributed by atoms with E-state index >= 15 is 0 Å².